The Labute approximate surface area is 235 Å². The van der Waals surface area contributed by atoms with Crippen LogP contribution in [0.25, 0.3) is 10.8 Å². The standard InChI is InChI=1S/C32H38N2O6/c1-5-15-33(23-12-11-21-9-7-8-10-22(21)18-23)30(37)28-32-14-13-25(40-32)26(31(38)39-16-6-2)27(32)29(36)34(28)24(19-35)17-20(3)4/h5-12,18,20,24-28,35H,1-2,13-17,19H2,3-4H3/t24-,25-,26+,27+,28?,32?/m1/s1. The second-order valence-corrected chi connectivity index (χ2v) is 11.5. The monoisotopic (exact) mass is 546 g/mol. The highest BCUT2D eigenvalue weighted by Gasteiger charge is 2.75. The second kappa shape index (κ2) is 11.2. The summed E-state index contributed by atoms with van der Waals surface area (Å²) in [6.07, 6.45) is 4.14. The molecule has 0 radical (unpaired) electrons. The molecule has 5 rings (SSSR count). The number of anilines is 1. The van der Waals surface area contributed by atoms with Crippen LogP contribution >= 0.6 is 0 Å². The highest BCUT2D eigenvalue weighted by Crippen LogP contribution is 2.59. The lowest BCUT2D eigenvalue weighted by Crippen LogP contribution is -2.59. The molecule has 3 fully saturated rings. The molecule has 2 bridgehead atoms. The van der Waals surface area contributed by atoms with E-state index in [0.717, 1.165) is 10.8 Å². The van der Waals surface area contributed by atoms with Crippen molar-refractivity contribution in [2.75, 3.05) is 24.7 Å². The minimum Gasteiger partial charge on any atom is -0.461 e. The van der Waals surface area contributed by atoms with E-state index >= 15 is 0 Å². The molecule has 6 atom stereocenters. The highest BCUT2D eigenvalue weighted by atomic mass is 16.6. The van der Waals surface area contributed by atoms with Crippen molar-refractivity contribution in [1.82, 2.24) is 4.90 Å². The molecule has 3 aliphatic heterocycles. The van der Waals surface area contributed by atoms with Gasteiger partial charge >= 0.3 is 5.97 Å². The Balaban J connectivity index is 1.60. The largest absolute Gasteiger partial charge is 0.461 e. The molecule has 0 aliphatic carbocycles. The highest BCUT2D eigenvalue weighted by molar-refractivity contribution is 6.05. The minimum absolute atomic E-state index is 0.0315. The minimum atomic E-state index is -1.18. The SMILES string of the molecule is C=CCOC(=O)[C@@H]1[C@H]2C(=O)N([C@@H](CO)CC(C)C)C(C(=O)N(CC=C)c3ccc4ccccc4c3)C23CC[C@H]1O3. The summed E-state index contributed by atoms with van der Waals surface area (Å²) in [6, 6.07) is 12.1. The molecule has 212 valence electrons. The van der Waals surface area contributed by atoms with Gasteiger partial charge < -0.3 is 24.4 Å². The lowest BCUT2D eigenvalue weighted by molar-refractivity contribution is -0.155. The average molecular weight is 547 g/mol. The molecule has 3 heterocycles. The first-order chi connectivity index (χ1) is 19.3. The number of benzene rings is 2. The van der Waals surface area contributed by atoms with Gasteiger partial charge in [-0.1, -0.05) is 62.9 Å². The maximum atomic E-state index is 14.7. The summed E-state index contributed by atoms with van der Waals surface area (Å²) in [5, 5.41) is 12.5. The second-order valence-electron chi connectivity index (χ2n) is 11.5. The lowest BCUT2D eigenvalue weighted by Gasteiger charge is -2.39. The molecule has 3 aliphatic rings. The maximum Gasteiger partial charge on any atom is 0.312 e. The van der Waals surface area contributed by atoms with Gasteiger partial charge in [-0.2, -0.15) is 0 Å². The van der Waals surface area contributed by atoms with Crippen molar-refractivity contribution in [2.24, 2.45) is 17.8 Å². The average Bonchev–Trinajstić information content (AvgIpc) is 3.60. The molecule has 1 N–H and O–H groups in total. The first-order valence-electron chi connectivity index (χ1n) is 14.1. The Bertz CT molecular complexity index is 1320. The molecule has 3 saturated heterocycles. The van der Waals surface area contributed by atoms with Crippen molar-refractivity contribution in [1.29, 1.82) is 0 Å². The topological polar surface area (TPSA) is 96.4 Å². The molecule has 0 saturated carbocycles. The first kappa shape index (κ1) is 28.1. The molecule has 2 unspecified atom stereocenters. The van der Waals surface area contributed by atoms with E-state index < -0.39 is 41.6 Å². The number of amides is 2. The summed E-state index contributed by atoms with van der Waals surface area (Å²) in [7, 11) is 0. The van der Waals surface area contributed by atoms with Crippen LogP contribution < -0.4 is 4.90 Å². The fraction of sp³-hybridized carbons (Fsp3) is 0.469. The Morgan fingerprint density at radius 3 is 2.62 bits per heavy atom. The summed E-state index contributed by atoms with van der Waals surface area (Å²) in [6.45, 7) is 11.5. The summed E-state index contributed by atoms with van der Waals surface area (Å²) < 4.78 is 11.9. The van der Waals surface area contributed by atoms with Crippen LogP contribution in [0, 0.1) is 17.8 Å². The number of hydrogen-bond acceptors (Lipinski definition) is 6. The van der Waals surface area contributed by atoms with Gasteiger partial charge in [0.25, 0.3) is 5.91 Å². The number of rotatable bonds is 11. The Hall–Kier alpha value is -3.49. The van der Waals surface area contributed by atoms with Gasteiger partial charge in [-0.15, -0.1) is 6.58 Å². The predicted molar refractivity (Wildman–Crippen MR) is 152 cm³/mol. The van der Waals surface area contributed by atoms with Crippen molar-refractivity contribution in [3.63, 3.8) is 0 Å². The van der Waals surface area contributed by atoms with Crippen molar-refractivity contribution in [3.05, 3.63) is 67.8 Å². The number of esters is 1. The zero-order valence-corrected chi connectivity index (χ0v) is 23.2. The molecule has 2 aromatic rings. The van der Waals surface area contributed by atoms with Crippen LogP contribution in [0.15, 0.2) is 67.8 Å². The van der Waals surface area contributed by atoms with Gasteiger partial charge in [0, 0.05) is 12.2 Å². The summed E-state index contributed by atoms with van der Waals surface area (Å²) >= 11 is 0. The van der Waals surface area contributed by atoms with E-state index in [1.54, 1.807) is 11.0 Å². The molecule has 2 amide bonds. The van der Waals surface area contributed by atoms with E-state index in [-0.39, 0.29) is 37.5 Å². The normalized spacial score (nSPS) is 27.6. The number of carbonyl (C=O) groups excluding carboxylic acids is 3. The van der Waals surface area contributed by atoms with Crippen LogP contribution in [0.1, 0.15) is 33.1 Å². The molecule has 1 spiro atoms. The van der Waals surface area contributed by atoms with E-state index in [1.165, 1.54) is 11.0 Å². The van der Waals surface area contributed by atoms with E-state index in [4.69, 9.17) is 9.47 Å². The third-order valence-electron chi connectivity index (χ3n) is 8.56. The Kier molecular flexibility index (Phi) is 7.84. The van der Waals surface area contributed by atoms with Crippen molar-refractivity contribution in [2.45, 2.75) is 56.9 Å². The molecule has 8 heteroatoms. The van der Waals surface area contributed by atoms with E-state index in [2.05, 4.69) is 13.2 Å². The Morgan fingerprint density at radius 1 is 1.20 bits per heavy atom. The molecule has 40 heavy (non-hydrogen) atoms. The quantitative estimate of drug-likeness (QED) is 0.340. The maximum absolute atomic E-state index is 14.7. The zero-order valence-electron chi connectivity index (χ0n) is 23.2. The van der Waals surface area contributed by atoms with Crippen molar-refractivity contribution in [3.8, 4) is 0 Å². The smallest absolute Gasteiger partial charge is 0.312 e. The number of aliphatic hydroxyl groups is 1. The molecular formula is C32H38N2O6. The van der Waals surface area contributed by atoms with Crippen LogP contribution in [0.3, 0.4) is 0 Å². The van der Waals surface area contributed by atoms with Crippen LogP contribution in [0.5, 0.6) is 0 Å². The zero-order chi connectivity index (χ0) is 28.6. The van der Waals surface area contributed by atoms with Crippen LogP contribution in [-0.4, -0.2) is 71.3 Å². The number of hydrogen-bond donors (Lipinski definition) is 1. The van der Waals surface area contributed by atoms with E-state index in [9.17, 15) is 19.5 Å². The fourth-order valence-corrected chi connectivity index (χ4v) is 7.03. The van der Waals surface area contributed by atoms with Crippen LogP contribution in [-0.2, 0) is 23.9 Å². The number of fused-ring (bicyclic) bond motifs is 2. The summed E-state index contributed by atoms with van der Waals surface area (Å²) in [4.78, 5) is 45.3. The molecule has 8 nitrogen and oxygen atoms in total. The third-order valence-corrected chi connectivity index (χ3v) is 8.56. The van der Waals surface area contributed by atoms with Gasteiger partial charge in [0.05, 0.1) is 30.6 Å². The first-order valence-corrected chi connectivity index (χ1v) is 14.1. The number of nitrogens with zero attached hydrogens (tertiary/aromatic N) is 2. The summed E-state index contributed by atoms with van der Waals surface area (Å²) in [5.41, 5.74) is -0.507. The third kappa shape index (κ3) is 4.53. The molecular weight excluding hydrogens is 508 g/mol. The van der Waals surface area contributed by atoms with Gasteiger partial charge in [-0.05, 0) is 48.1 Å². The number of aliphatic hydroxyl groups excluding tert-OH is 1. The molecule has 2 aromatic carbocycles. The van der Waals surface area contributed by atoms with Crippen molar-refractivity contribution >= 4 is 34.2 Å². The number of carbonyl (C=O) groups is 3. The van der Waals surface area contributed by atoms with E-state index in [1.807, 2.05) is 56.3 Å². The van der Waals surface area contributed by atoms with E-state index in [0.29, 0.717) is 24.9 Å². The Morgan fingerprint density at radius 2 is 1.95 bits per heavy atom. The van der Waals surface area contributed by atoms with Crippen molar-refractivity contribution < 1.29 is 29.0 Å². The predicted octanol–water partition coefficient (Wildman–Crippen LogP) is 3.87. The molecule has 0 aromatic heterocycles. The van der Waals surface area contributed by atoms with Gasteiger partial charge in [0.1, 0.15) is 18.2 Å². The number of ether oxygens (including phenoxy) is 2. The number of likely N-dealkylation sites (tertiary alicyclic amines) is 1. The van der Waals surface area contributed by atoms with Gasteiger partial charge in [0.15, 0.2) is 0 Å². The van der Waals surface area contributed by atoms with Gasteiger partial charge in [0.2, 0.25) is 5.91 Å². The fourth-order valence-electron chi connectivity index (χ4n) is 7.03. The van der Waals surface area contributed by atoms with Gasteiger partial charge in [-0.25, -0.2) is 0 Å². The summed E-state index contributed by atoms with van der Waals surface area (Å²) in [5.74, 6) is -2.67. The van der Waals surface area contributed by atoms with Gasteiger partial charge in [-0.3, -0.25) is 14.4 Å². The van der Waals surface area contributed by atoms with Crippen LogP contribution in [0.2, 0.25) is 0 Å². The van der Waals surface area contributed by atoms with Crippen LogP contribution in [0.4, 0.5) is 5.69 Å². The lowest BCUT2D eigenvalue weighted by atomic mass is 9.70.